The van der Waals surface area contributed by atoms with Crippen LogP contribution in [0.25, 0.3) is 0 Å². The Balaban J connectivity index is 1.99. The molecule has 1 heterocycles. The molecule has 12 heteroatoms. The van der Waals surface area contributed by atoms with Crippen molar-refractivity contribution in [3.8, 4) is 11.5 Å². The van der Waals surface area contributed by atoms with E-state index >= 15 is 0 Å². The summed E-state index contributed by atoms with van der Waals surface area (Å²) in [5.41, 5.74) is 0.696. The zero-order valence-electron chi connectivity index (χ0n) is 21.2. The average molecular weight is 573 g/mol. The number of nitrogens with zero attached hydrogens (tertiary/aromatic N) is 2. The molecule has 0 unspecified atom stereocenters. The van der Waals surface area contributed by atoms with Crippen molar-refractivity contribution in [1.29, 1.82) is 0 Å². The SMILES string of the molecule is CCS(=O)(=O)N(CC(=O)N(Cc1c(Cl)cccc1Cl)[C@H](C)C(=O)NC(C)C)c1ccc2c(c1)OCCO2. The molecule has 1 N–H and O–H groups in total. The van der Waals surface area contributed by atoms with E-state index in [4.69, 9.17) is 32.7 Å². The summed E-state index contributed by atoms with van der Waals surface area (Å²) in [4.78, 5) is 27.9. The van der Waals surface area contributed by atoms with Crippen LogP contribution in [0.3, 0.4) is 0 Å². The molecule has 1 aliphatic rings. The van der Waals surface area contributed by atoms with Gasteiger partial charge in [0.15, 0.2) is 11.5 Å². The van der Waals surface area contributed by atoms with Gasteiger partial charge in [-0.25, -0.2) is 8.42 Å². The minimum Gasteiger partial charge on any atom is -0.486 e. The van der Waals surface area contributed by atoms with Crippen LogP contribution in [-0.4, -0.2) is 62.7 Å². The van der Waals surface area contributed by atoms with Crippen LogP contribution < -0.4 is 19.1 Å². The normalized spacial score (nSPS) is 13.7. The van der Waals surface area contributed by atoms with Crippen molar-refractivity contribution in [2.24, 2.45) is 0 Å². The molecule has 0 saturated carbocycles. The third-order valence-corrected chi connectivity index (χ3v) is 8.23. The molecule has 9 nitrogen and oxygen atoms in total. The average Bonchev–Trinajstić information content (AvgIpc) is 2.85. The van der Waals surface area contributed by atoms with Gasteiger partial charge in [0, 0.05) is 34.3 Å². The molecule has 0 fully saturated rings. The zero-order chi connectivity index (χ0) is 27.3. The molecule has 202 valence electrons. The summed E-state index contributed by atoms with van der Waals surface area (Å²) in [6, 6.07) is 8.52. The molecule has 0 spiro atoms. The quantitative estimate of drug-likeness (QED) is 0.464. The van der Waals surface area contributed by atoms with E-state index in [2.05, 4.69) is 5.32 Å². The number of hydrogen-bond acceptors (Lipinski definition) is 6. The van der Waals surface area contributed by atoms with E-state index in [0.29, 0.717) is 40.3 Å². The van der Waals surface area contributed by atoms with Gasteiger partial charge in [0.1, 0.15) is 25.8 Å². The van der Waals surface area contributed by atoms with Crippen LogP contribution in [0.4, 0.5) is 5.69 Å². The molecule has 0 bridgehead atoms. The Morgan fingerprint density at radius 3 is 2.24 bits per heavy atom. The van der Waals surface area contributed by atoms with E-state index in [-0.39, 0.29) is 24.0 Å². The molecule has 37 heavy (non-hydrogen) atoms. The standard InChI is InChI=1S/C25H31Cl2N3O6S/c1-5-37(33,34)30(18-9-10-22-23(13-18)36-12-11-35-22)15-24(31)29(17(4)25(32)28-16(2)3)14-19-20(26)7-6-8-21(19)27/h6-10,13,16-17H,5,11-12,14-15H2,1-4H3,(H,28,32)/t17-/m1/s1. The highest BCUT2D eigenvalue weighted by Gasteiger charge is 2.32. The Hall–Kier alpha value is -2.69. The summed E-state index contributed by atoms with van der Waals surface area (Å²) in [6.45, 7) is 6.75. The lowest BCUT2D eigenvalue weighted by molar-refractivity contribution is -0.139. The lowest BCUT2D eigenvalue weighted by atomic mass is 10.1. The van der Waals surface area contributed by atoms with Crippen LogP contribution in [0.5, 0.6) is 11.5 Å². The van der Waals surface area contributed by atoms with Gasteiger partial charge in [0.05, 0.1) is 11.4 Å². The zero-order valence-corrected chi connectivity index (χ0v) is 23.5. The second kappa shape index (κ2) is 12.2. The first-order valence-electron chi connectivity index (χ1n) is 11.9. The van der Waals surface area contributed by atoms with Gasteiger partial charge in [-0.2, -0.15) is 0 Å². The van der Waals surface area contributed by atoms with E-state index in [1.807, 2.05) is 0 Å². The summed E-state index contributed by atoms with van der Waals surface area (Å²) >= 11 is 12.7. The minimum absolute atomic E-state index is 0.0921. The molecule has 1 atom stereocenters. The number of benzene rings is 2. The third kappa shape index (κ3) is 7.00. The van der Waals surface area contributed by atoms with Crippen LogP contribution in [0.1, 0.15) is 33.3 Å². The highest BCUT2D eigenvalue weighted by molar-refractivity contribution is 7.92. The van der Waals surface area contributed by atoms with E-state index in [1.54, 1.807) is 51.1 Å². The Bertz CT molecular complexity index is 1230. The maximum absolute atomic E-state index is 13.7. The van der Waals surface area contributed by atoms with E-state index in [1.165, 1.54) is 17.9 Å². The maximum atomic E-state index is 13.7. The largest absolute Gasteiger partial charge is 0.486 e. The molecule has 0 radical (unpaired) electrons. The summed E-state index contributed by atoms with van der Waals surface area (Å²) in [5, 5.41) is 3.44. The number of anilines is 1. The highest BCUT2D eigenvalue weighted by Crippen LogP contribution is 2.35. The van der Waals surface area contributed by atoms with Gasteiger partial charge in [-0.05, 0) is 52.0 Å². The molecule has 3 rings (SSSR count). The fraction of sp³-hybridized carbons (Fsp3) is 0.440. The molecule has 0 aromatic heterocycles. The molecule has 0 aliphatic carbocycles. The van der Waals surface area contributed by atoms with Crippen molar-refractivity contribution in [1.82, 2.24) is 10.2 Å². The van der Waals surface area contributed by atoms with Crippen LogP contribution in [0.15, 0.2) is 36.4 Å². The van der Waals surface area contributed by atoms with Gasteiger partial charge in [-0.3, -0.25) is 13.9 Å². The van der Waals surface area contributed by atoms with E-state index in [9.17, 15) is 18.0 Å². The Morgan fingerprint density at radius 2 is 1.65 bits per heavy atom. The van der Waals surface area contributed by atoms with Crippen molar-refractivity contribution in [2.75, 3.05) is 29.8 Å². The van der Waals surface area contributed by atoms with Crippen molar-refractivity contribution in [2.45, 2.75) is 46.3 Å². The fourth-order valence-corrected chi connectivity index (χ4v) is 5.32. The van der Waals surface area contributed by atoms with Gasteiger partial charge < -0.3 is 19.7 Å². The Morgan fingerprint density at radius 1 is 1.03 bits per heavy atom. The molecular formula is C25H31Cl2N3O6S. The first kappa shape index (κ1) is 28.9. The number of rotatable bonds is 10. The number of carbonyl (C=O) groups is 2. The summed E-state index contributed by atoms with van der Waals surface area (Å²) in [7, 11) is -3.89. The van der Waals surface area contributed by atoms with Crippen LogP contribution in [-0.2, 0) is 26.2 Å². The molecule has 2 aromatic rings. The smallest absolute Gasteiger partial charge is 0.244 e. The molecule has 2 aromatic carbocycles. The first-order chi connectivity index (χ1) is 17.4. The topological polar surface area (TPSA) is 105 Å². The first-order valence-corrected chi connectivity index (χ1v) is 14.2. The summed E-state index contributed by atoms with van der Waals surface area (Å²) in [6.07, 6.45) is 0. The van der Waals surface area contributed by atoms with Crippen molar-refractivity contribution in [3.05, 3.63) is 52.0 Å². The van der Waals surface area contributed by atoms with Crippen LogP contribution in [0.2, 0.25) is 10.0 Å². The number of nitrogens with one attached hydrogen (secondary N) is 1. The summed E-state index contributed by atoms with van der Waals surface area (Å²) < 4.78 is 38.4. The predicted molar refractivity (Wildman–Crippen MR) is 144 cm³/mol. The Labute approximate surface area is 227 Å². The molecule has 0 saturated heterocycles. The van der Waals surface area contributed by atoms with Crippen molar-refractivity contribution < 1.29 is 27.5 Å². The number of carbonyl (C=O) groups excluding carboxylic acids is 2. The lowest BCUT2D eigenvalue weighted by Gasteiger charge is -2.32. The van der Waals surface area contributed by atoms with Crippen molar-refractivity contribution in [3.63, 3.8) is 0 Å². The number of sulfonamides is 1. The van der Waals surface area contributed by atoms with Crippen LogP contribution >= 0.6 is 23.2 Å². The minimum atomic E-state index is -3.89. The monoisotopic (exact) mass is 571 g/mol. The molecule has 2 amide bonds. The second-order valence-electron chi connectivity index (χ2n) is 8.80. The van der Waals surface area contributed by atoms with Gasteiger partial charge in [-0.1, -0.05) is 29.3 Å². The summed E-state index contributed by atoms with van der Waals surface area (Å²) in [5.74, 6) is -0.361. The Kier molecular flexibility index (Phi) is 9.55. The number of amides is 2. The third-order valence-electron chi connectivity index (χ3n) is 5.78. The van der Waals surface area contributed by atoms with Crippen molar-refractivity contribution >= 4 is 50.7 Å². The number of fused-ring (bicyclic) bond motifs is 1. The number of halogens is 2. The highest BCUT2D eigenvalue weighted by atomic mass is 35.5. The van der Waals surface area contributed by atoms with Gasteiger partial charge in [0.25, 0.3) is 0 Å². The lowest BCUT2D eigenvalue weighted by Crippen LogP contribution is -2.52. The fourth-order valence-electron chi connectivity index (χ4n) is 3.75. The second-order valence-corrected chi connectivity index (χ2v) is 11.8. The molecule has 1 aliphatic heterocycles. The van der Waals surface area contributed by atoms with Gasteiger partial charge in [-0.15, -0.1) is 0 Å². The molecular weight excluding hydrogens is 541 g/mol. The van der Waals surface area contributed by atoms with Gasteiger partial charge >= 0.3 is 0 Å². The number of ether oxygens (including phenoxy) is 2. The maximum Gasteiger partial charge on any atom is 0.244 e. The van der Waals surface area contributed by atoms with E-state index in [0.717, 1.165) is 4.31 Å². The van der Waals surface area contributed by atoms with Crippen LogP contribution in [0, 0.1) is 0 Å². The predicted octanol–water partition coefficient (Wildman–Crippen LogP) is 3.86. The van der Waals surface area contributed by atoms with E-state index < -0.39 is 34.4 Å². The number of hydrogen-bond donors (Lipinski definition) is 1. The van der Waals surface area contributed by atoms with Gasteiger partial charge in [0.2, 0.25) is 21.8 Å².